The highest BCUT2D eigenvalue weighted by molar-refractivity contribution is 8.13. The number of anilines is 1. The molecule has 0 saturated heterocycles. The average molecular weight is 299 g/mol. The lowest BCUT2D eigenvalue weighted by molar-refractivity contribution is -0.134. The molecule has 1 aliphatic carbocycles. The summed E-state index contributed by atoms with van der Waals surface area (Å²) < 4.78 is 24.0. The Morgan fingerprint density at radius 2 is 2.16 bits per heavy atom. The van der Waals surface area contributed by atoms with Gasteiger partial charge in [-0.2, -0.15) is 0 Å². The molecule has 0 fully saturated rings. The lowest BCUT2D eigenvalue weighted by atomic mass is 9.97. The van der Waals surface area contributed by atoms with Crippen LogP contribution in [0.3, 0.4) is 0 Å². The normalized spacial score (nSPS) is 14.8. The molecule has 1 N–H and O–H groups in total. The molecule has 9 heteroatoms. The number of ketones is 1. The molecule has 0 spiro atoms. The highest BCUT2D eigenvalue weighted by Crippen LogP contribution is 2.35. The number of Topliss-reactive ketones (excluding diaryl/α,β-unsaturated/α-hetero) is 1. The summed E-state index contributed by atoms with van der Waals surface area (Å²) in [6.07, 6.45) is 1.29. The number of hydrogen-bond donors (Lipinski definition) is 1. The number of carbonyl (C=O) groups is 2. The van der Waals surface area contributed by atoms with Gasteiger partial charge in [0.05, 0.1) is 0 Å². The summed E-state index contributed by atoms with van der Waals surface area (Å²) in [7, 11) is -0.885. The van der Waals surface area contributed by atoms with Crippen LogP contribution >= 0.6 is 11.3 Å². The SMILES string of the molecule is BS(=O)(=O)N(C)c1cc2c(s1)C=C(C(=O)O)C(=O)C2. The first-order valence-electron chi connectivity index (χ1n) is 5.25. The highest BCUT2D eigenvalue weighted by atomic mass is 32.2. The number of nitrogens with zero attached hydrogens (tertiary/aromatic N) is 1. The van der Waals surface area contributed by atoms with Crippen molar-refractivity contribution in [1.29, 1.82) is 0 Å². The molecule has 2 rings (SSSR count). The third-order valence-electron chi connectivity index (χ3n) is 2.79. The van der Waals surface area contributed by atoms with Crippen molar-refractivity contribution >= 4 is 51.2 Å². The van der Waals surface area contributed by atoms with Crippen molar-refractivity contribution in [1.82, 2.24) is 0 Å². The maximum Gasteiger partial charge on any atom is 0.339 e. The van der Waals surface area contributed by atoms with Gasteiger partial charge in [0.25, 0.3) is 7.12 Å². The van der Waals surface area contributed by atoms with Crippen molar-refractivity contribution in [3.63, 3.8) is 0 Å². The van der Waals surface area contributed by atoms with E-state index in [-0.39, 0.29) is 12.0 Å². The monoisotopic (exact) mass is 299 g/mol. The predicted molar refractivity (Wildman–Crippen MR) is 74.5 cm³/mol. The third-order valence-corrected chi connectivity index (χ3v) is 5.30. The van der Waals surface area contributed by atoms with Crippen molar-refractivity contribution in [3.05, 3.63) is 22.1 Å². The van der Waals surface area contributed by atoms with Crippen LogP contribution in [0.15, 0.2) is 11.6 Å². The van der Waals surface area contributed by atoms with Crippen LogP contribution in [0.4, 0.5) is 5.00 Å². The average Bonchev–Trinajstić information content (AvgIpc) is 2.67. The maximum absolute atomic E-state index is 11.6. The second kappa shape index (κ2) is 4.50. The molecule has 0 aromatic carbocycles. The van der Waals surface area contributed by atoms with E-state index in [0.717, 1.165) is 22.8 Å². The number of carbonyl (C=O) groups excluding carboxylic acids is 1. The van der Waals surface area contributed by atoms with Gasteiger partial charge in [-0.05, 0) is 17.7 Å². The lowest BCUT2D eigenvalue weighted by Crippen LogP contribution is -2.25. The number of fused-ring (bicyclic) bond motifs is 1. The van der Waals surface area contributed by atoms with Crippen LogP contribution in [0.25, 0.3) is 6.08 Å². The first-order valence-corrected chi connectivity index (χ1v) is 7.91. The Hall–Kier alpha value is -1.61. The van der Waals surface area contributed by atoms with E-state index in [1.807, 2.05) is 0 Å². The zero-order chi connectivity index (χ0) is 14.4. The summed E-state index contributed by atoms with van der Waals surface area (Å²) in [6.45, 7) is 0. The zero-order valence-electron chi connectivity index (χ0n) is 10.2. The summed E-state index contributed by atoms with van der Waals surface area (Å²) >= 11 is 1.15. The van der Waals surface area contributed by atoms with Gasteiger partial charge in [-0.15, -0.1) is 11.3 Å². The standard InChI is InChI=1S/C10H10BNO5S2/c1-12(19(11,16)17)9-3-5-2-7(13)6(10(14)15)4-8(5)18-9/h3-4H,2,11H2,1H3,(H,14,15). The van der Waals surface area contributed by atoms with Gasteiger partial charge in [-0.1, -0.05) is 0 Å². The van der Waals surface area contributed by atoms with Gasteiger partial charge < -0.3 is 5.11 Å². The van der Waals surface area contributed by atoms with Gasteiger partial charge >= 0.3 is 5.97 Å². The lowest BCUT2D eigenvalue weighted by Gasteiger charge is -2.13. The Bertz CT molecular complexity index is 704. The fourth-order valence-corrected chi connectivity index (χ4v) is 3.56. The second-order valence-corrected chi connectivity index (χ2v) is 7.24. The van der Waals surface area contributed by atoms with Crippen molar-refractivity contribution in [3.8, 4) is 0 Å². The van der Waals surface area contributed by atoms with Crippen LogP contribution < -0.4 is 4.31 Å². The van der Waals surface area contributed by atoms with Gasteiger partial charge in [0.15, 0.2) is 15.7 Å². The van der Waals surface area contributed by atoms with Crippen LogP contribution in [0, 0.1) is 0 Å². The highest BCUT2D eigenvalue weighted by Gasteiger charge is 2.26. The van der Waals surface area contributed by atoms with Crippen LogP contribution in [-0.2, 0) is 25.9 Å². The van der Waals surface area contributed by atoms with E-state index in [4.69, 9.17) is 5.11 Å². The van der Waals surface area contributed by atoms with Gasteiger partial charge in [0, 0.05) is 18.3 Å². The molecule has 1 aromatic heterocycles. The topological polar surface area (TPSA) is 91.8 Å². The molecule has 19 heavy (non-hydrogen) atoms. The molecule has 1 aliphatic rings. The molecule has 0 aliphatic heterocycles. The zero-order valence-corrected chi connectivity index (χ0v) is 11.8. The Kier molecular flexibility index (Phi) is 3.27. The van der Waals surface area contributed by atoms with Crippen LogP contribution in [0.2, 0.25) is 0 Å². The molecule has 0 bridgehead atoms. The number of aliphatic carboxylic acids is 1. The minimum Gasteiger partial charge on any atom is -0.478 e. The smallest absolute Gasteiger partial charge is 0.339 e. The molecule has 0 saturated carbocycles. The van der Waals surface area contributed by atoms with E-state index in [1.165, 1.54) is 13.1 Å². The molecule has 100 valence electrons. The third kappa shape index (κ3) is 2.56. The van der Waals surface area contributed by atoms with Crippen LogP contribution in [-0.4, -0.2) is 39.4 Å². The first kappa shape index (κ1) is 13.8. The van der Waals surface area contributed by atoms with E-state index in [1.54, 1.807) is 6.07 Å². The quantitative estimate of drug-likeness (QED) is 0.609. The molecule has 0 unspecified atom stereocenters. The molecule has 1 aromatic rings. The Morgan fingerprint density at radius 3 is 2.68 bits per heavy atom. The van der Waals surface area contributed by atoms with Crippen molar-refractivity contribution in [2.24, 2.45) is 0 Å². The molecule has 6 nitrogen and oxygen atoms in total. The number of carboxylic acid groups (broad SMARTS) is 1. The minimum absolute atomic E-state index is 0.0123. The number of hydrogen-bond acceptors (Lipinski definition) is 5. The van der Waals surface area contributed by atoms with Crippen molar-refractivity contribution < 1.29 is 23.1 Å². The summed E-state index contributed by atoms with van der Waals surface area (Å²) in [5.74, 6) is -1.73. The fraction of sp³-hybridized carbons (Fsp3) is 0.200. The van der Waals surface area contributed by atoms with Gasteiger partial charge in [-0.25, -0.2) is 13.2 Å². The van der Waals surface area contributed by atoms with Crippen molar-refractivity contribution in [2.75, 3.05) is 11.4 Å². The van der Waals surface area contributed by atoms with Crippen LogP contribution in [0.5, 0.6) is 0 Å². The van der Waals surface area contributed by atoms with Gasteiger partial charge in [0.2, 0.25) is 0 Å². The van der Waals surface area contributed by atoms with Gasteiger partial charge in [-0.3, -0.25) is 9.10 Å². The summed E-state index contributed by atoms with van der Waals surface area (Å²) in [6, 6.07) is 1.61. The van der Waals surface area contributed by atoms with Crippen LogP contribution in [0.1, 0.15) is 10.4 Å². The largest absolute Gasteiger partial charge is 0.478 e. The fourth-order valence-electron chi connectivity index (χ4n) is 1.67. The number of thiophene rings is 1. The van der Waals surface area contributed by atoms with E-state index >= 15 is 0 Å². The maximum atomic E-state index is 11.6. The molecule has 0 atom stereocenters. The first-order chi connectivity index (χ1) is 8.70. The summed E-state index contributed by atoms with van der Waals surface area (Å²) in [5, 5.41) is 9.35. The minimum atomic E-state index is -3.38. The number of rotatable bonds is 3. The molecule has 0 amide bonds. The van der Waals surface area contributed by atoms with Crippen molar-refractivity contribution in [2.45, 2.75) is 6.42 Å². The van der Waals surface area contributed by atoms with Gasteiger partial charge in [0.1, 0.15) is 10.6 Å². The summed E-state index contributed by atoms with van der Waals surface area (Å²) in [4.78, 5) is 23.1. The van der Waals surface area contributed by atoms with E-state index < -0.39 is 21.6 Å². The molecular weight excluding hydrogens is 289 g/mol. The molecule has 0 radical (unpaired) electrons. The number of carboxylic acids is 1. The molecular formula is C10H10BNO5S2. The Balaban J connectivity index is 2.47. The van der Waals surface area contributed by atoms with E-state index in [2.05, 4.69) is 0 Å². The second-order valence-electron chi connectivity index (χ2n) is 4.17. The molecule has 1 heterocycles. The van der Waals surface area contributed by atoms with E-state index in [0.29, 0.717) is 15.4 Å². The Labute approximate surface area is 114 Å². The summed E-state index contributed by atoms with van der Waals surface area (Å²) in [5.41, 5.74) is 0.397. The Morgan fingerprint density at radius 1 is 1.53 bits per heavy atom. The van der Waals surface area contributed by atoms with E-state index in [9.17, 15) is 18.0 Å². The predicted octanol–water partition coefficient (Wildman–Crippen LogP) is -0.345.